The number of amides is 2. The normalized spacial score (nSPS) is 14.4. The van der Waals surface area contributed by atoms with E-state index in [1.54, 1.807) is 0 Å². The molecule has 0 saturated heterocycles. The maximum Gasteiger partial charge on any atom is 1.00 e. The zero-order valence-corrected chi connectivity index (χ0v) is 37.1. The van der Waals surface area contributed by atoms with Crippen molar-refractivity contribution in [3.05, 3.63) is 0 Å². The molecule has 0 saturated carbocycles. The van der Waals surface area contributed by atoms with Crippen LogP contribution < -0.4 is 29.6 Å². The van der Waals surface area contributed by atoms with Crippen LogP contribution in [0.1, 0.15) is 105 Å². The fourth-order valence-electron chi connectivity index (χ4n) is 5.74. The summed E-state index contributed by atoms with van der Waals surface area (Å²) < 4.78 is 97.9. The van der Waals surface area contributed by atoms with Gasteiger partial charge in [-0.25, -0.2) is 0 Å². The van der Waals surface area contributed by atoms with Crippen molar-refractivity contribution in [2.75, 3.05) is 51.6 Å². The van der Waals surface area contributed by atoms with Crippen LogP contribution >= 0.6 is 0 Å². The number of carbonyl (C=O) groups excluding carboxylic acids is 2. The largest absolute Gasteiger partial charge is 1.00 e. The van der Waals surface area contributed by atoms with Crippen molar-refractivity contribution < 1.29 is 109 Å². The van der Waals surface area contributed by atoms with Gasteiger partial charge in [0.25, 0.3) is 30.4 Å². The van der Waals surface area contributed by atoms with Crippen LogP contribution in [0.3, 0.4) is 0 Å². The summed E-state index contributed by atoms with van der Waals surface area (Å²) in [5, 5.41) is 35.7. The first-order valence-electron chi connectivity index (χ1n) is 18.4. The molecule has 4 atom stereocenters. The molecule has 2 amide bonds. The van der Waals surface area contributed by atoms with E-state index >= 15 is 0 Å². The SMILES string of the molecule is CCCCCCCCN(CC(O)CN(CCS(=O)(=O)O)CC(O)CN(CCCCCCCC)C(=O)CC(C(=O)O)S(=O)(=O)O)C(=O)CC(C(=O)O)S(=O)(=O)O.[H-].[Na+]. The molecular formula is C32H62N3NaO17S3. The summed E-state index contributed by atoms with van der Waals surface area (Å²) in [7, 11) is -14.9. The van der Waals surface area contributed by atoms with E-state index in [1.165, 1.54) is 4.90 Å². The molecule has 7 N–H and O–H groups in total. The van der Waals surface area contributed by atoms with Crippen LogP contribution in [0.4, 0.5) is 0 Å². The van der Waals surface area contributed by atoms with Gasteiger partial charge in [0.15, 0.2) is 10.5 Å². The summed E-state index contributed by atoms with van der Waals surface area (Å²) in [4.78, 5) is 52.5. The maximum atomic E-state index is 13.1. The predicted octanol–water partition coefficient (Wildman–Crippen LogP) is -2.15. The Morgan fingerprint density at radius 1 is 0.536 bits per heavy atom. The van der Waals surface area contributed by atoms with Crippen LogP contribution in [0.5, 0.6) is 0 Å². The minimum Gasteiger partial charge on any atom is -1.00 e. The molecule has 326 valence electrons. The van der Waals surface area contributed by atoms with Crippen molar-refractivity contribution in [1.82, 2.24) is 14.7 Å². The molecule has 0 aliphatic carbocycles. The van der Waals surface area contributed by atoms with Crippen molar-refractivity contribution in [3.8, 4) is 0 Å². The van der Waals surface area contributed by atoms with E-state index < -0.39 is 128 Å². The number of nitrogens with zero attached hydrogens (tertiary/aromatic N) is 3. The Kier molecular flexibility index (Phi) is 29.1. The van der Waals surface area contributed by atoms with E-state index in [9.17, 15) is 78.5 Å². The molecule has 0 bridgehead atoms. The average Bonchev–Trinajstić information content (AvgIpc) is 3.04. The number of aliphatic carboxylic acids is 2. The molecule has 0 spiro atoms. The zero-order valence-electron chi connectivity index (χ0n) is 33.6. The summed E-state index contributed by atoms with van der Waals surface area (Å²) in [5.41, 5.74) is 0. The zero-order chi connectivity index (χ0) is 42.4. The van der Waals surface area contributed by atoms with E-state index in [0.717, 1.165) is 61.2 Å². The minimum atomic E-state index is -5.18. The van der Waals surface area contributed by atoms with Gasteiger partial charge < -0.3 is 31.7 Å². The molecule has 20 nitrogen and oxygen atoms in total. The Bertz CT molecular complexity index is 1430. The molecule has 0 aliphatic heterocycles. The van der Waals surface area contributed by atoms with Crippen molar-refractivity contribution >= 4 is 54.1 Å². The second-order valence-electron chi connectivity index (χ2n) is 13.7. The maximum absolute atomic E-state index is 13.1. The van der Waals surface area contributed by atoms with E-state index in [-0.39, 0.29) is 44.1 Å². The number of carbonyl (C=O) groups is 4. The number of carboxylic acid groups (broad SMARTS) is 2. The molecule has 0 fully saturated rings. The Hall–Kier alpha value is -1.51. The molecular weight excluding hydrogens is 818 g/mol. The van der Waals surface area contributed by atoms with Gasteiger partial charge in [-0.05, 0) is 12.8 Å². The summed E-state index contributed by atoms with van der Waals surface area (Å²) in [6.45, 7) is 1.50. The molecule has 0 heterocycles. The van der Waals surface area contributed by atoms with Crippen molar-refractivity contribution in [3.63, 3.8) is 0 Å². The summed E-state index contributed by atoms with van der Waals surface area (Å²) >= 11 is 0. The second-order valence-corrected chi connectivity index (χ2v) is 18.4. The molecule has 0 rings (SSSR count). The van der Waals surface area contributed by atoms with Gasteiger partial charge in [-0.15, -0.1) is 0 Å². The first-order chi connectivity index (χ1) is 25.4. The third-order valence-electron chi connectivity index (χ3n) is 8.72. The van der Waals surface area contributed by atoms with E-state index in [4.69, 9.17) is 0 Å². The van der Waals surface area contributed by atoms with Crippen LogP contribution in [0.2, 0.25) is 0 Å². The quantitative estimate of drug-likeness (QED) is 0.0210. The van der Waals surface area contributed by atoms with Gasteiger partial charge in [-0.3, -0.25) is 37.7 Å². The predicted molar refractivity (Wildman–Crippen MR) is 201 cm³/mol. The molecule has 0 aromatic heterocycles. The molecule has 0 aromatic carbocycles. The Morgan fingerprint density at radius 3 is 1.14 bits per heavy atom. The third-order valence-corrected chi connectivity index (χ3v) is 11.6. The standard InChI is InChI=1S/C32H61N3O17S3.Na.H/c1-3-5-7-9-11-13-15-34(29(38)19-27(31(40)41)54(47,48)49)23-25(36)21-33(17-18-53(44,45)46)22-26(37)24-35(16-14-12-10-8-6-4-2)30(39)20-28(32(42)43)55(50,51)52;;/h25-28,36-37H,3-24H2,1-2H3,(H,40,41)(H,42,43)(H,44,45,46)(H,47,48,49)(H,50,51,52);;/q;+1;-1. The van der Waals surface area contributed by atoms with Crippen LogP contribution in [0.15, 0.2) is 0 Å². The smallest absolute Gasteiger partial charge is 1.00 e. The van der Waals surface area contributed by atoms with Crippen LogP contribution in [0.25, 0.3) is 0 Å². The van der Waals surface area contributed by atoms with Crippen molar-refractivity contribution in [2.45, 2.75) is 126 Å². The fraction of sp³-hybridized carbons (Fsp3) is 0.875. The van der Waals surface area contributed by atoms with E-state index in [2.05, 4.69) is 0 Å². The topological polar surface area (TPSA) is 322 Å². The number of carboxylic acids is 2. The van der Waals surface area contributed by atoms with Gasteiger partial charge in [0.2, 0.25) is 11.8 Å². The summed E-state index contributed by atoms with van der Waals surface area (Å²) in [5.74, 6) is -6.86. The van der Waals surface area contributed by atoms with E-state index in [0.29, 0.717) is 25.7 Å². The number of hydrogen-bond acceptors (Lipinski definition) is 13. The van der Waals surface area contributed by atoms with Crippen LogP contribution in [-0.2, 0) is 49.5 Å². The first kappa shape index (κ1) is 56.6. The molecule has 0 aromatic rings. The van der Waals surface area contributed by atoms with Gasteiger partial charge in [0, 0.05) is 45.8 Å². The number of unbranched alkanes of at least 4 members (excludes halogenated alkanes) is 10. The Labute approximate surface area is 354 Å². The fourth-order valence-corrected chi connectivity index (χ4v) is 7.44. The molecule has 24 heteroatoms. The van der Waals surface area contributed by atoms with Crippen molar-refractivity contribution in [2.24, 2.45) is 0 Å². The number of aliphatic hydroxyl groups excluding tert-OH is 2. The van der Waals surface area contributed by atoms with Crippen LogP contribution in [0, 0.1) is 0 Å². The van der Waals surface area contributed by atoms with Gasteiger partial charge in [0.1, 0.15) is 0 Å². The third kappa shape index (κ3) is 26.5. The Morgan fingerprint density at radius 2 is 0.857 bits per heavy atom. The number of aliphatic hydroxyl groups is 2. The number of hydrogen-bond donors (Lipinski definition) is 7. The average molecular weight is 880 g/mol. The first-order valence-corrected chi connectivity index (χ1v) is 23.0. The second kappa shape index (κ2) is 28.8. The Balaban J connectivity index is -0.0000146. The van der Waals surface area contributed by atoms with Crippen molar-refractivity contribution in [1.29, 1.82) is 0 Å². The minimum absolute atomic E-state index is 0. The monoisotopic (exact) mass is 879 g/mol. The van der Waals surface area contributed by atoms with Crippen LogP contribution in [-0.4, -0.2) is 172 Å². The van der Waals surface area contributed by atoms with E-state index in [1.807, 2.05) is 13.8 Å². The van der Waals surface area contributed by atoms with Gasteiger partial charge in [0.05, 0.1) is 30.8 Å². The van der Waals surface area contributed by atoms with Gasteiger partial charge >= 0.3 is 41.5 Å². The number of rotatable bonds is 33. The summed E-state index contributed by atoms with van der Waals surface area (Å²) in [6, 6.07) is 0. The van der Waals surface area contributed by atoms with Gasteiger partial charge in [-0.1, -0.05) is 78.1 Å². The summed E-state index contributed by atoms with van der Waals surface area (Å²) in [6.07, 6.45) is 4.00. The van der Waals surface area contributed by atoms with Gasteiger partial charge in [-0.2, -0.15) is 25.3 Å². The molecule has 56 heavy (non-hydrogen) atoms. The molecule has 0 aliphatic rings. The molecule has 0 radical (unpaired) electrons. The molecule has 4 unspecified atom stereocenters.